The van der Waals surface area contributed by atoms with Crippen molar-refractivity contribution in [2.45, 2.75) is 59.1 Å². The summed E-state index contributed by atoms with van der Waals surface area (Å²) in [7, 11) is 0. The summed E-state index contributed by atoms with van der Waals surface area (Å²) in [6, 6.07) is 13.3. The van der Waals surface area contributed by atoms with E-state index in [-0.39, 0.29) is 17.6 Å². The van der Waals surface area contributed by atoms with E-state index in [1.165, 1.54) is 0 Å². The lowest BCUT2D eigenvalue weighted by molar-refractivity contribution is -0.143. The van der Waals surface area contributed by atoms with E-state index in [0.717, 1.165) is 23.1 Å². The van der Waals surface area contributed by atoms with E-state index in [0.29, 0.717) is 42.1 Å². The number of hydrogen-bond acceptors (Lipinski definition) is 7. The number of halogens is 1. The summed E-state index contributed by atoms with van der Waals surface area (Å²) in [5, 5.41) is 8.01. The van der Waals surface area contributed by atoms with Gasteiger partial charge in [0.2, 0.25) is 5.82 Å². The molecular formula is C26H32ClN3O4. The van der Waals surface area contributed by atoms with Gasteiger partial charge in [-0.1, -0.05) is 35.8 Å². The Morgan fingerprint density at radius 1 is 1.15 bits per heavy atom. The van der Waals surface area contributed by atoms with Gasteiger partial charge in [-0.25, -0.2) is 0 Å². The standard InChI is InChI=1S/C26H32ClN3O4/c1-6-15-32-23(31)13-14-28-26(4,5)20-10-7-18(8-11-20)25-29-24(30-34-25)19-9-12-22(21(27)16-19)33-17(2)3/h7-12,16-17,28H,6,13-15H2,1-5H3. The van der Waals surface area contributed by atoms with E-state index >= 15 is 0 Å². The molecule has 0 aliphatic carbocycles. The second-order valence-electron chi connectivity index (χ2n) is 8.83. The molecule has 0 atom stereocenters. The van der Waals surface area contributed by atoms with Gasteiger partial charge in [0, 0.05) is 23.2 Å². The molecule has 7 nitrogen and oxygen atoms in total. The Morgan fingerprint density at radius 3 is 2.50 bits per heavy atom. The summed E-state index contributed by atoms with van der Waals surface area (Å²) < 4.78 is 16.3. The molecule has 0 fully saturated rings. The zero-order valence-electron chi connectivity index (χ0n) is 20.4. The molecule has 0 aliphatic rings. The summed E-state index contributed by atoms with van der Waals surface area (Å²) in [6.07, 6.45) is 1.19. The lowest BCUT2D eigenvalue weighted by atomic mass is 9.93. The molecule has 34 heavy (non-hydrogen) atoms. The van der Waals surface area contributed by atoms with Crippen molar-refractivity contribution in [2.24, 2.45) is 0 Å². The maximum Gasteiger partial charge on any atom is 0.307 e. The predicted octanol–water partition coefficient (Wildman–Crippen LogP) is 6.01. The molecule has 3 aromatic rings. The minimum atomic E-state index is -0.319. The van der Waals surface area contributed by atoms with Crippen LogP contribution in [0.4, 0.5) is 0 Å². The van der Waals surface area contributed by atoms with Crippen molar-refractivity contribution in [1.82, 2.24) is 15.5 Å². The number of aromatic nitrogens is 2. The van der Waals surface area contributed by atoms with Crippen molar-refractivity contribution in [3.8, 4) is 28.6 Å². The van der Waals surface area contributed by atoms with Crippen LogP contribution in [0.5, 0.6) is 5.75 Å². The number of carbonyl (C=O) groups excluding carboxylic acids is 1. The molecule has 0 saturated carbocycles. The molecule has 2 aromatic carbocycles. The van der Waals surface area contributed by atoms with Crippen molar-refractivity contribution in [3.05, 3.63) is 53.1 Å². The van der Waals surface area contributed by atoms with Crippen LogP contribution in [0.3, 0.4) is 0 Å². The van der Waals surface area contributed by atoms with Gasteiger partial charge in [0.25, 0.3) is 5.89 Å². The molecule has 0 saturated heterocycles. The molecule has 0 amide bonds. The van der Waals surface area contributed by atoms with E-state index in [4.69, 9.17) is 25.6 Å². The van der Waals surface area contributed by atoms with Crippen LogP contribution >= 0.6 is 11.6 Å². The molecule has 1 aromatic heterocycles. The minimum absolute atomic E-state index is 0.0329. The van der Waals surface area contributed by atoms with Crippen molar-refractivity contribution in [2.75, 3.05) is 13.2 Å². The average Bonchev–Trinajstić information content (AvgIpc) is 3.29. The molecule has 182 valence electrons. The quantitative estimate of drug-likeness (QED) is 0.332. The molecule has 3 rings (SSSR count). The Labute approximate surface area is 205 Å². The zero-order valence-corrected chi connectivity index (χ0v) is 21.1. The Hall–Kier alpha value is -2.90. The molecule has 0 unspecified atom stereocenters. The maximum atomic E-state index is 11.7. The number of rotatable bonds is 11. The number of esters is 1. The third-order valence-electron chi connectivity index (χ3n) is 5.20. The van der Waals surface area contributed by atoms with Crippen molar-refractivity contribution >= 4 is 17.6 Å². The van der Waals surface area contributed by atoms with E-state index in [2.05, 4.69) is 29.3 Å². The van der Waals surface area contributed by atoms with Crippen LogP contribution in [0.25, 0.3) is 22.8 Å². The highest BCUT2D eigenvalue weighted by Crippen LogP contribution is 2.31. The zero-order chi connectivity index (χ0) is 24.7. The fourth-order valence-corrected chi connectivity index (χ4v) is 3.57. The molecule has 1 heterocycles. The van der Waals surface area contributed by atoms with Crippen LogP contribution in [-0.2, 0) is 15.1 Å². The number of carbonyl (C=O) groups is 1. The smallest absolute Gasteiger partial charge is 0.307 e. The Kier molecular flexibility index (Phi) is 8.69. The summed E-state index contributed by atoms with van der Waals surface area (Å²) in [5.74, 6) is 1.31. The van der Waals surface area contributed by atoms with Crippen LogP contribution in [0.2, 0.25) is 5.02 Å². The van der Waals surface area contributed by atoms with Crippen molar-refractivity contribution < 1.29 is 18.8 Å². The monoisotopic (exact) mass is 485 g/mol. The summed E-state index contributed by atoms with van der Waals surface area (Å²) in [5.41, 5.74) is 2.31. The van der Waals surface area contributed by atoms with E-state index in [1.54, 1.807) is 12.1 Å². The number of ether oxygens (including phenoxy) is 2. The third-order valence-corrected chi connectivity index (χ3v) is 5.49. The molecule has 0 bridgehead atoms. The minimum Gasteiger partial charge on any atom is -0.489 e. The Bertz CT molecular complexity index is 1090. The average molecular weight is 486 g/mol. The molecule has 1 N–H and O–H groups in total. The maximum absolute atomic E-state index is 11.7. The highest BCUT2D eigenvalue weighted by atomic mass is 35.5. The fraction of sp³-hybridized carbons (Fsp3) is 0.423. The highest BCUT2D eigenvalue weighted by molar-refractivity contribution is 6.32. The Balaban J connectivity index is 1.65. The first-order chi connectivity index (χ1) is 16.2. The molecule has 8 heteroatoms. The first kappa shape index (κ1) is 25.7. The first-order valence-corrected chi connectivity index (χ1v) is 11.9. The summed E-state index contributed by atoms with van der Waals surface area (Å²) in [6.45, 7) is 11.0. The largest absolute Gasteiger partial charge is 0.489 e. The molecule has 0 spiro atoms. The second kappa shape index (κ2) is 11.5. The van der Waals surface area contributed by atoms with Gasteiger partial charge >= 0.3 is 5.97 Å². The molecular weight excluding hydrogens is 454 g/mol. The van der Waals surface area contributed by atoms with Crippen molar-refractivity contribution in [3.63, 3.8) is 0 Å². The number of nitrogens with zero attached hydrogens (tertiary/aromatic N) is 2. The van der Waals surface area contributed by atoms with Crippen molar-refractivity contribution in [1.29, 1.82) is 0 Å². The molecule has 0 radical (unpaired) electrons. The van der Waals surface area contributed by atoms with Crippen LogP contribution in [0.15, 0.2) is 47.0 Å². The van der Waals surface area contributed by atoms with Gasteiger partial charge in [-0.15, -0.1) is 0 Å². The number of nitrogens with one attached hydrogen (secondary N) is 1. The summed E-state index contributed by atoms with van der Waals surface area (Å²) in [4.78, 5) is 16.2. The summed E-state index contributed by atoms with van der Waals surface area (Å²) >= 11 is 6.34. The molecule has 0 aliphatic heterocycles. The predicted molar refractivity (Wildman–Crippen MR) is 133 cm³/mol. The van der Waals surface area contributed by atoms with Gasteiger partial charge < -0.3 is 19.3 Å². The highest BCUT2D eigenvalue weighted by Gasteiger charge is 2.21. The first-order valence-electron chi connectivity index (χ1n) is 11.5. The number of benzene rings is 2. The van der Waals surface area contributed by atoms with Gasteiger partial charge in [-0.05, 0) is 70.0 Å². The van der Waals surface area contributed by atoms with Crippen LogP contribution < -0.4 is 10.1 Å². The van der Waals surface area contributed by atoms with Crippen LogP contribution in [-0.4, -0.2) is 35.4 Å². The van der Waals surface area contributed by atoms with Gasteiger partial charge in [-0.2, -0.15) is 4.98 Å². The lowest BCUT2D eigenvalue weighted by Crippen LogP contribution is -2.37. The SMILES string of the molecule is CCCOC(=O)CCNC(C)(C)c1ccc(-c2nc(-c3ccc(OC(C)C)c(Cl)c3)no2)cc1. The van der Waals surface area contributed by atoms with Crippen LogP contribution in [0.1, 0.15) is 53.0 Å². The van der Waals surface area contributed by atoms with Gasteiger partial charge in [0.15, 0.2) is 0 Å². The number of hydrogen-bond donors (Lipinski definition) is 1. The van der Waals surface area contributed by atoms with E-state index in [9.17, 15) is 4.79 Å². The Morgan fingerprint density at radius 2 is 1.85 bits per heavy atom. The second-order valence-corrected chi connectivity index (χ2v) is 9.24. The fourth-order valence-electron chi connectivity index (χ4n) is 3.34. The van der Waals surface area contributed by atoms with Crippen LogP contribution in [0, 0.1) is 0 Å². The van der Waals surface area contributed by atoms with E-state index in [1.807, 2.05) is 51.1 Å². The third kappa shape index (κ3) is 6.81. The van der Waals surface area contributed by atoms with Gasteiger partial charge in [-0.3, -0.25) is 4.79 Å². The van der Waals surface area contributed by atoms with E-state index < -0.39 is 0 Å². The lowest BCUT2D eigenvalue weighted by Gasteiger charge is -2.27. The normalized spacial score (nSPS) is 11.6. The van der Waals surface area contributed by atoms with Gasteiger partial charge in [0.1, 0.15) is 5.75 Å². The topological polar surface area (TPSA) is 86.5 Å². The van der Waals surface area contributed by atoms with Gasteiger partial charge in [0.05, 0.1) is 24.2 Å².